The number of carbonyl (C=O) groups excluding carboxylic acids is 2. The maximum Gasteiger partial charge on any atom is 0.227 e. The third kappa shape index (κ3) is 3.54. The summed E-state index contributed by atoms with van der Waals surface area (Å²) in [6.07, 6.45) is 2.72. The summed E-state index contributed by atoms with van der Waals surface area (Å²) in [4.78, 5) is 31.3. The molecule has 0 saturated carbocycles. The fourth-order valence-electron chi connectivity index (χ4n) is 3.72. The van der Waals surface area contributed by atoms with Crippen LogP contribution in [0, 0.1) is 6.92 Å². The molecule has 0 spiro atoms. The third-order valence-electron chi connectivity index (χ3n) is 5.05. The summed E-state index contributed by atoms with van der Waals surface area (Å²) < 4.78 is 0. The number of H-pyrrole nitrogens is 1. The topological polar surface area (TPSA) is 76.6 Å². The molecule has 134 valence electrons. The van der Waals surface area contributed by atoms with Crippen LogP contribution in [0.3, 0.4) is 0 Å². The molecule has 0 bridgehead atoms. The van der Waals surface area contributed by atoms with Gasteiger partial charge in [0, 0.05) is 50.3 Å². The third-order valence-corrected chi connectivity index (χ3v) is 5.05. The van der Waals surface area contributed by atoms with Crippen LogP contribution in [0.1, 0.15) is 24.5 Å². The Balaban J connectivity index is 1.78. The largest absolute Gasteiger partial charge is 0.396 e. The second kappa shape index (κ2) is 7.27. The predicted molar refractivity (Wildman–Crippen MR) is 96.2 cm³/mol. The highest BCUT2D eigenvalue weighted by Gasteiger charge is 2.31. The summed E-state index contributed by atoms with van der Waals surface area (Å²) in [5, 5.41) is 10.4. The number of aliphatic hydroxyl groups excluding tert-OH is 1. The van der Waals surface area contributed by atoms with Gasteiger partial charge in [-0.25, -0.2) is 0 Å². The quantitative estimate of drug-likeness (QED) is 0.882. The van der Waals surface area contributed by atoms with Crippen molar-refractivity contribution in [1.29, 1.82) is 0 Å². The number of benzene rings is 1. The molecule has 0 radical (unpaired) electrons. The zero-order valence-electron chi connectivity index (χ0n) is 14.8. The first kappa shape index (κ1) is 17.5. The van der Waals surface area contributed by atoms with E-state index in [4.69, 9.17) is 0 Å². The average molecular weight is 343 g/mol. The molecule has 2 aromatic rings. The van der Waals surface area contributed by atoms with E-state index in [1.807, 2.05) is 36.2 Å². The summed E-state index contributed by atoms with van der Waals surface area (Å²) in [6.45, 7) is 5.16. The van der Waals surface area contributed by atoms with Gasteiger partial charge in [-0.1, -0.05) is 12.1 Å². The molecule has 6 nitrogen and oxygen atoms in total. The van der Waals surface area contributed by atoms with Crippen LogP contribution in [0.2, 0.25) is 0 Å². The van der Waals surface area contributed by atoms with Crippen molar-refractivity contribution in [3.8, 4) is 0 Å². The van der Waals surface area contributed by atoms with Crippen molar-refractivity contribution in [3.05, 3.63) is 35.5 Å². The Kier molecular flexibility index (Phi) is 5.08. The average Bonchev–Trinajstić information content (AvgIpc) is 2.99. The molecule has 1 saturated heterocycles. The molecule has 2 N–H and O–H groups in total. The zero-order valence-corrected chi connectivity index (χ0v) is 14.8. The molecule has 2 heterocycles. The molecule has 1 atom stereocenters. The molecule has 1 unspecified atom stereocenters. The van der Waals surface area contributed by atoms with Gasteiger partial charge in [0.1, 0.15) is 0 Å². The fraction of sp³-hybridized carbons (Fsp3) is 0.474. The molecule has 6 heteroatoms. The highest BCUT2D eigenvalue weighted by Crippen LogP contribution is 2.24. The lowest BCUT2D eigenvalue weighted by molar-refractivity contribution is -0.142. The van der Waals surface area contributed by atoms with Crippen molar-refractivity contribution < 1.29 is 14.7 Å². The molecule has 1 aliphatic heterocycles. The van der Waals surface area contributed by atoms with Crippen molar-refractivity contribution in [1.82, 2.24) is 14.8 Å². The van der Waals surface area contributed by atoms with Gasteiger partial charge in [-0.15, -0.1) is 0 Å². The highest BCUT2D eigenvalue weighted by molar-refractivity contribution is 5.91. The van der Waals surface area contributed by atoms with E-state index in [9.17, 15) is 14.7 Å². The van der Waals surface area contributed by atoms with Gasteiger partial charge in [-0.2, -0.15) is 0 Å². The summed E-state index contributed by atoms with van der Waals surface area (Å²) in [6, 6.07) is 5.93. The number of carbonyl (C=O) groups is 2. The smallest absolute Gasteiger partial charge is 0.227 e. The molecule has 1 aromatic carbocycles. The first-order valence-corrected chi connectivity index (χ1v) is 8.72. The molecule has 25 heavy (non-hydrogen) atoms. The zero-order chi connectivity index (χ0) is 18.0. The van der Waals surface area contributed by atoms with E-state index in [0.717, 1.165) is 22.0 Å². The Morgan fingerprint density at radius 1 is 1.32 bits per heavy atom. The Bertz CT molecular complexity index is 783. The SMILES string of the molecule is CC(=O)N1CCN(C(=O)Cc2c[nH]c3cccc(C)c23)C(CCO)C1. The van der Waals surface area contributed by atoms with Crippen molar-refractivity contribution in [2.75, 3.05) is 26.2 Å². The summed E-state index contributed by atoms with van der Waals surface area (Å²) >= 11 is 0. The van der Waals surface area contributed by atoms with Gasteiger partial charge < -0.3 is 19.9 Å². The summed E-state index contributed by atoms with van der Waals surface area (Å²) in [5.74, 6) is 0.0631. The number of aromatic amines is 1. The molecular weight excluding hydrogens is 318 g/mol. The fourth-order valence-corrected chi connectivity index (χ4v) is 3.72. The van der Waals surface area contributed by atoms with Gasteiger partial charge in [0.15, 0.2) is 0 Å². The summed E-state index contributed by atoms with van der Waals surface area (Å²) in [7, 11) is 0. The molecule has 2 amide bonds. The van der Waals surface area contributed by atoms with E-state index in [2.05, 4.69) is 4.98 Å². The maximum absolute atomic E-state index is 12.9. The molecule has 1 aromatic heterocycles. The Hall–Kier alpha value is -2.34. The number of amides is 2. The van der Waals surface area contributed by atoms with E-state index in [1.54, 1.807) is 11.8 Å². The maximum atomic E-state index is 12.9. The first-order valence-electron chi connectivity index (χ1n) is 8.72. The minimum atomic E-state index is -0.124. The predicted octanol–water partition coefficient (Wildman–Crippen LogP) is 1.46. The number of nitrogens with one attached hydrogen (secondary N) is 1. The molecular formula is C19H25N3O3. The van der Waals surface area contributed by atoms with Crippen LogP contribution < -0.4 is 0 Å². The van der Waals surface area contributed by atoms with Gasteiger partial charge in [0.25, 0.3) is 0 Å². The number of nitrogens with zero attached hydrogens (tertiary/aromatic N) is 2. The van der Waals surface area contributed by atoms with Crippen molar-refractivity contribution >= 4 is 22.7 Å². The van der Waals surface area contributed by atoms with E-state index >= 15 is 0 Å². The minimum Gasteiger partial charge on any atom is -0.396 e. The van der Waals surface area contributed by atoms with E-state index in [1.165, 1.54) is 0 Å². The lowest BCUT2D eigenvalue weighted by atomic mass is 10.0. The normalized spacial score (nSPS) is 18.0. The lowest BCUT2D eigenvalue weighted by Gasteiger charge is -2.41. The molecule has 1 fully saturated rings. The molecule has 0 aliphatic carbocycles. The van der Waals surface area contributed by atoms with Crippen molar-refractivity contribution in [2.45, 2.75) is 32.7 Å². The number of rotatable bonds is 4. The van der Waals surface area contributed by atoms with E-state index < -0.39 is 0 Å². The first-order chi connectivity index (χ1) is 12.0. The number of hydrogen-bond donors (Lipinski definition) is 2. The lowest BCUT2D eigenvalue weighted by Crippen LogP contribution is -2.56. The van der Waals surface area contributed by atoms with E-state index in [0.29, 0.717) is 32.5 Å². The van der Waals surface area contributed by atoms with Gasteiger partial charge in [0.2, 0.25) is 11.8 Å². The standard InChI is InChI=1S/C19H25N3O3/c1-13-4-3-5-17-19(13)15(11-20-17)10-18(25)22-8-7-21(14(2)24)12-16(22)6-9-23/h3-5,11,16,20,23H,6-10,12H2,1-2H3. The monoisotopic (exact) mass is 343 g/mol. The number of fused-ring (bicyclic) bond motifs is 1. The second-order valence-electron chi connectivity index (χ2n) is 6.71. The van der Waals surface area contributed by atoms with Gasteiger partial charge >= 0.3 is 0 Å². The van der Waals surface area contributed by atoms with Gasteiger partial charge in [-0.3, -0.25) is 9.59 Å². The van der Waals surface area contributed by atoms with Crippen LogP contribution >= 0.6 is 0 Å². The van der Waals surface area contributed by atoms with Crippen molar-refractivity contribution in [2.24, 2.45) is 0 Å². The second-order valence-corrected chi connectivity index (χ2v) is 6.71. The van der Waals surface area contributed by atoms with Crippen LogP contribution in [0.25, 0.3) is 10.9 Å². The highest BCUT2D eigenvalue weighted by atomic mass is 16.3. The molecule has 1 aliphatic rings. The van der Waals surface area contributed by atoms with Gasteiger partial charge in [0.05, 0.1) is 12.5 Å². The van der Waals surface area contributed by atoms with Crippen LogP contribution in [0.15, 0.2) is 24.4 Å². The Labute approximate surface area is 147 Å². The number of piperazine rings is 1. The van der Waals surface area contributed by atoms with E-state index in [-0.39, 0.29) is 24.5 Å². The van der Waals surface area contributed by atoms with Crippen LogP contribution in [0.5, 0.6) is 0 Å². The number of hydrogen-bond acceptors (Lipinski definition) is 3. The number of aliphatic hydroxyl groups is 1. The van der Waals surface area contributed by atoms with Crippen LogP contribution in [0.4, 0.5) is 0 Å². The van der Waals surface area contributed by atoms with Crippen molar-refractivity contribution in [3.63, 3.8) is 0 Å². The Morgan fingerprint density at radius 2 is 2.12 bits per heavy atom. The van der Waals surface area contributed by atoms with Gasteiger partial charge in [-0.05, 0) is 30.5 Å². The Morgan fingerprint density at radius 3 is 2.84 bits per heavy atom. The minimum absolute atomic E-state index is 0.00633. The van der Waals surface area contributed by atoms with Crippen LogP contribution in [-0.4, -0.2) is 64.0 Å². The molecule has 3 rings (SSSR count). The number of aryl methyl sites for hydroxylation is 1. The van der Waals surface area contributed by atoms with Crippen LogP contribution in [-0.2, 0) is 16.0 Å². The summed E-state index contributed by atoms with van der Waals surface area (Å²) in [5.41, 5.74) is 3.18. The number of aromatic nitrogens is 1.